The first kappa shape index (κ1) is 40.6. The molecule has 2 heteroatoms. The molecule has 0 N–H and O–H groups in total. The van der Waals surface area contributed by atoms with E-state index < -0.39 is 0 Å². The summed E-state index contributed by atoms with van der Waals surface area (Å²) in [6.07, 6.45) is 0. The molecule has 0 aromatic heterocycles. The lowest BCUT2D eigenvalue weighted by molar-refractivity contribution is 0.660. The number of rotatable bonds is 10. The second-order valence-electron chi connectivity index (χ2n) is 17.8. The van der Waals surface area contributed by atoms with Gasteiger partial charge in [0.05, 0.1) is 0 Å². The summed E-state index contributed by atoms with van der Waals surface area (Å²) < 4.78 is 0. The number of para-hydroxylation sites is 3. The van der Waals surface area contributed by atoms with Crippen molar-refractivity contribution in [2.45, 2.75) is 26.2 Å². The van der Waals surface area contributed by atoms with E-state index in [2.05, 4.69) is 279 Å². The number of aryl methyl sites for hydroxylation is 1. The fourth-order valence-electron chi connectivity index (χ4n) is 10.1. The third kappa shape index (κ3) is 7.37. The number of benzene rings is 10. The monoisotopic (exact) mass is 846 g/mol. The highest BCUT2D eigenvalue weighted by Gasteiger charge is 2.36. The Morgan fingerprint density at radius 1 is 0.273 bits per heavy atom. The number of hydrogen-bond donors (Lipinski definition) is 0. The highest BCUT2D eigenvalue weighted by Crippen LogP contribution is 2.52. The van der Waals surface area contributed by atoms with Crippen LogP contribution in [0.15, 0.2) is 249 Å². The van der Waals surface area contributed by atoms with E-state index >= 15 is 0 Å². The van der Waals surface area contributed by atoms with Crippen molar-refractivity contribution in [1.29, 1.82) is 0 Å². The van der Waals surface area contributed by atoms with E-state index in [4.69, 9.17) is 0 Å². The van der Waals surface area contributed by atoms with Crippen LogP contribution in [0.25, 0.3) is 55.6 Å². The van der Waals surface area contributed by atoms with Crippen molar-refractivity contribution in [3.8, 4) is 55.6 Å². The SMILES string of the molecule is Cc1cccc2c1-c1ccc(N(c3ccccc3)c3ccc(-c4cc(-c5ccccc5)c(-c5ccc(N(c6ccccc6)c6ccccc6)cc5)cc4-c4ccccc4)cc3)cc1C2(C)C. The quantitative estimate of drug-likeness (QED) is 0.135. The van der Waals surface area contributed by atoms with Crippen LogP contribution < -0.4 is 9.80 Å². The van der Waals surface area contributed by atoms with Crippen molar-refractivity contribution in [3.63, 3.8) is 0 Å². The summed E-state index contributed by atoms with van der Waals surface area (Å²) in [7, 11) is 0. The Hall–Kier alpha value is -8.20. The Labute approximate surface area is 389 Å². The Morgan fingerprint density at radius 3 is 1.05 bits per heavy atom. The molecule has 316 valence electrons. The zero-order valence-corrected chi connectivity index (χ0v) is 37.6. The van der Waals surface area contributed by atoms with Gasteiger partial charge < -0.3 is 9.80 Å². The molecule has 0 spiro atoms. The van der Waals surface area contributed by atoms with Gasteiger partial charge in [-0.05, 0) is 164 Å². The topological polar surface area (TPSA) is 6.48 Å². The van der Waals surface area contributed by atoms with Gasteiger partial charge in [0.25, 0.3) is 0 Å². The normalized spacial score (nSPS) is 12.3. The molecule has 0 aliphatic heterocycles. The molecule has 10 aromatic carbocycles. The largest absolute Gasteiger partial charge is 0.311 e. The van der Waals surface area contributed by atoms with Gasteiger partial charge >= 0.3 is 0 Å². The van der Waals surface area contributed by atoms with Crippen molar-refractivity contribution < 1.29 is 0 Å². The molecule has 0 heterocycles. The molecular formula is C64H50N2. The van der Waals surface area contributed by atoms with Crippen molar-refractivity contribution >= 4 is 34.1 Å². The lowest BCUT2D eigenvalue weighted by atomic mass is 9.82. The van der Waals surface area contributed by atoms with Crippen LogP contribution in [0.1, 0.15) is 30.5 Å². The Morgan fingerprint density at radius 2 is 0.621 bits per heavy atom. The van der Waals surface area contributed by atoms with Crippen LogP contribution in [-0.2, 0) is 5.41 Å². The van der Waals surface area contributed by atoms with Gasteiger partial charge in [-0.25, -0.2) is 0 Å². The number of anilines is 6. The van der Waals surface area contributed by atoms with Gasteiger partial charge in [-0.15, -0.1) is 0 Å². The number of fused-ring (bicyclic) bond motifs is 3. The molecule has 0 saturated carbocycles. The van der Waals surface area contributed by atoms with Gasteiger partial charge in [0, 0.05) is 39.5 Å². The average Bonchev–Trinajstić information content (AvgIpc) is 3.61. The van der Waals surface area contributed by atoms with E-state index in [1.165, 1.54) is 61.2 Å². The molecule has 1 aliphatic carbocycles. The summed E-state index contributed by atoms with van der Waals surface area (Å²) >= 11 is 0. The first-order valence-electron chi connectivity index (χ1n) is 22.9. The maximum absolute atomic E-state index is 2.42. The fraction of sp³-hybridized carbons (Fsp3) is 0.0625. The van der Waals surface area contributed by atoms with Crippen molar-refractivity contribution in [3.05, 3.63) is 265 Å². The molecule has 2 nitrogen and oxygen atoms in total. The maximum atomic E-state index is 2.42. The molecule has 10 aromatic rings. The van der Waals surface area contributed by atoms with Crippen LogP contribution in [0.2, 0.25) is 0 Å². The summed E-state index contributed by atoms with van der Waals surface area (Å²) in [5.74, 6) is 0. The molecule has 1 aliphatic rings. The van der Waals surface area contributed by atoms with Gasteiger partial charge in [0.2, 0.25) is 0 Å². The van der Waals surface area contributed by atoms with Crippen LogP contribution >= 0.6 is 0 Å². The molecule has 0 bridgehead atoms. The Balaban J connectivity index is 1.03. The zero-order valence-electron chi connectivity index (χ0n) is 37.6. The minimum Gasteiger partial charge on any atom is -0.311 e. The Bertz CT molecular complexity index is 3250. The van der Waals surface area contributed by atoms with Gasteiger partial charge in [-0.1, -0.05) is 178 Å². The summed E-state index contributed by atoms with van der Waals surface area (Å²) in [6, 6.07) is 90.4. The molecule has 0 radical (unpaired) electrons. The van der Waals surface area contributed by atoms with Crippen LogP contribution in [0.3, 0.4) is 0 Å². The molecule has 66 heavy (non-hydrogen) atoms. The van der Waals surface area contributed by atoms with E-state index in [1.54, 1.807) is 0 Å². The standard InChI is InChI=1S/C64H50N2/c1-45-20-19-31-61-63(45)56-41-40-55(42-62(56)64(61,2)3)66(52-29-17-8-18-30-52)54-38-34-49(35-39-54)60-44-57(46-21-9-4-10-22-46)59(43-58(60)47-23-11-5-12-24-47)48-32-36-53(37-33-48)65(50-25-13-6-14-26-50)51-27-15-7-16-28-51/h4-44H,1-3H3. The molecule has 0 saturated heterocycles. The first-order valence-corrected chi connectivity index (χ1v) is 22.9. The zero-order chi connectivity index (χ0) is 44.6. The molecule has 0 amide bonds. The fourth-order valence-corrected chi connectivity index (χ4v) is 10.1. The third-order valence-electron chi connectivity index (χ3n) is 13.4. The lowest BCUT2D eigenvalue weighted by Crippen LogP contribution is -2.16. The lowest BCUT2D eigenvalue weighted by Gasteiger charge is -2.28. The van der Waals surface area contributed by atoms with Crippen LogP contribution in [0, 0.1) is 6.92 Å². The highest BCUT2D eigenvalue weighted by atomic mass is 15.1. The number of nitrogens with zero attached hydrogens (tertiary/aromatic N) is 2. The van der Waals surface area contributed by atoms with Crippen molar-refractivity contribution in [2.75, 3.05) is 9.80 Å². The van der Waals surface area contributed by atoms with Gasteiger partial charge in [0.1, 0.15) is 0 Å². The van der Waals surface area contributed by atoms with Crippen molar-refractivity contribution in [2.24, 2.45) is 0 Å². The summed E-state index contributed by atoms with van der Waals surface area (Å²) in [5.41, 5.74) is 22.8. The second-order valence-corrected chi connectivity index (χ2v) is 17.8. The minimum absolute atomic E-state index is 0.109. The first-order chi connectivity index (χ1) is 32.4. The van der Waals surface area contributed by atoms with E-state index in [9.17, 15) is 0 Å². The van der Waals surface area contributed by atoms with Crippen LogP contribution in [0.4, 0.5) is 34.1 Å². The third-order valence-corrected chi connectivity index (χ3v) is 13.4. The summed E-state index contributed by atoms with van der Waals surface area (Å²) in [4.78, 5) is 4.71. The van der Waals surface area contributed by atoms with Gasteiger partial charge in [0.15, 0.2) is 0 Å². The van der Waals surface area contributed by atoms with E-state index in [0.29, 0.717) is 0 Å². The Kier molecular flexibility index (Phi) is 10.5. The minimum atomic E-state index is -0.109. The van der Waals surface area contributed by atoms with E-state index in [1.807, 2.05) is 0 Å². The van der Waals surface area contributed by atoms with Gasteiger partial charge in [-0.2, -0.15) is 0 Å². The number of hydrogen-bond acceptors (Lipinski definition) is 2. The van der Waals surface area contributed by atoms with Crippen molar-refractivity contribution in [1.82, 2.24) is 0 Å². The van der Waals surface area contributed by atoms with Crippen LogP contribution in [0.5, 0.6) is 0 Å². The maximum Gasteiger partial charge on any atom is 0.0465 e. The summed E-state index contributed by atoms with van der Waals surface area (Å²) in [6.45, 7) is 6.96. The summed E-state index contributed by atoms with van der Waals surface area (Å²) in [5, 5.41) is 0. The van der Waals surface area contributed by atoms with E-state index in [0.717, 1.165) is 45.3 Å². The molecule has 11 rings (SSSR count). The second kappa shape index (κ2) is 17.1. The van der Waals surface area contributed by atoms with E-state index in [-0.39, 0.29) is 5.41 Å². The molecule has 0 unspecified atom stereocenters. The average molecular weight is 847 g/mol. The molecule has 0 fully saturated rings. The highest BCUT2D eigenvalue weighted by molar-refractivity contribution is 5.96. The predicted molar refractivity (Wildman–Crippen MR) is 280 cm³/mol. The predicted octanol–water partition coefficient (Wildman–Crippen LogP) is 17.9. The van der Waals surface area contributed by atoms with Gasteiger partial charge in [-0.3, -0.25) is 0 Å². The van der Waals surface area contributed by atoms with Crippen LogP contribution in [-0.4, -0.2) is 0 Å². The smallest absolute Gasteiger partial charge is 0.0465 e. The molecular weight excluding hydrogens is 797 g/mol. The molecule has 0 atom stereocenters.